The first-order valence-corrected chi connectivity index (χ1v) is 12.3. The van der Waals surface area contributed by atoms with Crippen LogP contribution < -0.4 is 10.2 Å². The van der Waals surface area contributed by atoms with Gasteiger partial charge in [-0.1, -0.05) is 18.2 Å². The van der Waals surface area contributed by atoms with Crippen molar-refractivity contribution in [1.82, 2.24) is 0 Å². The number of carbonyl (C=O) groups is 4. The van der Waals surface area contributed by atoms with Gasteiger partial charge in [0.25, 0.3) is 5.91 Å². The van der Waals surface area contributed by atoms with Crippen LogP contribution in [-0.4, -0.2) is 41.1 Å². The molecule has 1 heterocycles. The van der Waals surface area contributed by atoms with E-state index in [2.05, 4.69) is 5.32 Å². The fourth-order valence-electron chi connectivity index (χ4n) is 5.65. The topological polar surface area (TPSA) is 92.8 Å². The molecule has 2 aromatic carbocycles. The third-order valence-corrected chi connectivity index (χ3v) is 8.65. The number of benzene rings is 2. The highest BCUT2D eigenvalue weighted by molar-refractivity contribution is 6.32. The lowest BCUT2D eigenvalue weighted by molar-refractivity contribution is -0.123. The van der Waals surface area contributed by atoms with E-state index in [1.54, 1.807) is 12.1 Å². The Labute approximate surface area is 212 Å². The van der Waals surface area contributed by atoms with Crippen LogP contribution in [0.3, 0.4) is 0 Å². The minimum Gasteiger partial charge on any atom is -0.452 e. The van der Waals surface area contributed by atoms with Gasteiger partial charge in [0, 0.05) is 5.69 Å². The fourth-order valence-corrected chi connectivity index (χ4v) is 6.54. The molecule has 2 aliphatic carbocycles. The molecule has 1 saturated heterocycles. The van der Waals surface area contributed by atoms with Gasteiger partial charge in [-0.05, 0) is 67.5 Å². The van der Waals surface area contributed by atoms with Crippen LogP contribution in [0.4, 0.5) is 11.4 Å². The van der Waals surface area contributed by atoms with Gasteiger partial charge in [-0.2, -0.15) is 0 Å². The van der Waals surface area contributed by atoms with Crippen molar-refractivity contribution >= 4 is 58.3 Å². The van der Waals surface area contributed by atoms with Gasteiger partial charge < -0.3 is 10.1 Å². The van der Waals surface area contributed by atoms with Gasteiger partial charge >= 0.3 is 5.97 Å². The van der Waals surface area contributed by atoms with Crippen molar-refractivity contribution in [3.8, 4) is 0 Å². The number of carbonyl (C=O) groups excluding carboxylic acids is 4. The second kappa shape index (κ2) is 8.95. The fraction of sp³-hybridized carbons (Fsp3) is 0.385. The first-order chi connectivity index (χ1) is 16.7. The number of hydrogen-bond donors (Lipinski definition) is 1. The highest BCUT2D eigenvalue weighted by atomic mass is 35.5. The molecule has 1 N–H and O–H groups in total. The smallest absolute Gasteiger partial charge is 0.338 e. The molecule has 1 aliphatic heterocycles. The predicted molar refractivity (Wildman–Crippen MR) is 132 cm³/mol. The van der Waals surface area contributed by atoms with E-state index >= 15 is 0 Å². The average molecular weight is 515 g/mol. The average Bonchev–Trinajstić information content (AvgIpc) is 3.44. The van der Waals surface area contributed by atoms with Crippen molar-refractivity contribution in [2.24, 2.45) is 23.7 Å². The van der Waals surface area contributed by atoms with E-state index in [1.807, 2.05) is 32.0 Å². The molecule has 2 saturated carbocycles. The first-order valence-electron chi connectivity index (χ1n) is 11.5. The molecule has 0 aromatic heterocycles. The Morgan fingerprint density at radius 3 is 2.31 bits per heavy atom. The quantitative estimate of drug-likeness (QED) is 0.368. The number of nitrogens with zero attached hydrogens (tertiary/aromatic N) is 1. The lowest BCUT2D eigenvalue weighted by atomic mass is 9.80. The number of anilines is 2. The minimum absolute atomic E-state index is 0.126. The number of rotatable bonds is 5. The Bertz CT molecular complexity index is 1220. The highest BCUT2D eigenvalue weighted by Crippen LogP contribution is 2.59. The molecule has 2 bridgehead atoms. The van der Waals surface area contributed by atoms with Crippen molar-refractivity contribution in [3.05, 3.63) is 59.2 Å². The molecular weight excluding hydrogens is 491 g/mol. The van der Waals surface area contributed by atoms with Gasteiger partial charge in [-0.25, -0.2) is 4.79 Å². The van der Waals surface area contributed by atoms with Gasteiger partial charge in [0.2, 0.25) is 11.8 Å². The van der Waals surface area contributed by atoms with E-state index in [1.165, 1.54) is 12.1 Å². The van der Waals surface area contributed by atoms with E-state index in [4.69, 9.17) is 27.9 Å². The summed E-state index contributed by atoms with van der Waals surface area (Å²) in [6, 6.07) is 11.8. The highest BCUT2D eigenvalue weighted by Gasteiger charge is 2.66. The maximum Gasteiger partial charge on any atom is 0.338 e. The van der Waals surface area contributed by atoms with Crippen molar-refractivity contribution in [2.75, 3.05) is 16.8 Å². The molecule has 9 heteroatoms. The number of ether oxygens (including phenoxy) is 1. The van der Waals surface area contributed by atoms with Gasteiger partial charge in [0.15, 0.2) is 6.61 Å². The van der Waals surface area contributed by atoms with Crippen molar-refractivity contribution in [2.45, 2.75) is 31.0 Å². The van der Waals surface area contributed by atoms with Crippen molar-refractivity contribution < 1.29 is 23.9 Å². The van der Waals surface area contributed by atoms with Crippen LogP contribution in [0.2, 0.25) is 0 Å². The molecule has 3 amide bonds. The number of fused-ring (bicyclic) bond motifs is 5. The van der Waals surface area contributed by atoms with Crippen LogP contribution in [0, 0.1) is 37.5 Å². The third kappa shape index (κ3) is 4.00. The molecule has 6 atom stereocenters. The summed E-state index contributed by atoms with van der Waals surface area (Å²) in [4.78, 5) is 52.4. The lowest BCUT2D eigenvalue weighted by Crippen LogP contribution is -2.37. The second-order valence-corrected chi connectivity index (χ2v) is 10.5. The first kappa shape index (κ1) is 23.8. The molecule has 2 aromatic rings. The maximum atomic E-state index is 13.2. The summed E-state index contributed by atoms with van der Waals surface area (Å²) >= 11 is 12.8. The summed E-state index contributed by atoms with van der Waals surface area (Å²) in [6.45, 7) is 3.31. The van der Waals surface area contributed by atoms with Gasteiger partial charge in [-0.3, -0.25) is 19.3 Å². The SMILES string of the molecule is Cc1ccc(C)c(NC(=O)COC(=O)c2cccc(N3C(=O)[C@@H]4[C@H]5C[C@@H]([C@@H](Cl)[C@H]5Cl)[C@H]4C3=O)c2)c1. The van der Waals surface area contributed by atoms with E-state index in [0.717, 1.165) is 16.0 Å². The Kier molecular flexibility index (Phi) is 6.09. The van der Waals surface area contributed by atoms with Crippen LogP contribution in [0.5, 0.6) is 0 Å². The van der Waals surface area contributed by atoms with Gasteiger partial charge in [0.1, 0.15) is 0 Å². The van der Waals surface area contributed by atoms with E-state index in [9.17, 15) is 19.2 Å². The molecule has 182 valence electrons. The predicted octanol–water partition coefficient (Wildman–Crippen LogP) is 4.07. The molecule has 3 fully saturated rings. The zero-order valence-corrected chi connectivity index (χ0v) is 20.7. The Morgan fingerprint density at radius 1 is 1.00 bits per heavy atom. The minimum atomic E-state index is -0.732. The van der Waals surface area contributed by atoms with Crippen molar-refractivity contribution in [1.29, 1.82) is 0 Å². The van der Waals surface area contributed by atoms with Crippen molar-refractivity contribution in [3.63, 3.8) is 0 Å². The number of alkyl halides is 2. The van der Waals surface area contributed by atoms with E-state index in [-0.39, 0.29) is 40.0 Å². The van der Waals surface area contributed by atoms with Gasteiger partial charge in [0.05, 0.1) is 33.8 Å². The monoisotopic (exact) mass is 514 g/mol. The summed E-state index contributed by atoms with van der Waals surface area (Å²) < 4.78 is 5.18. The number of amides is 3. The normalized spacial score (nSPS) is 28.9. The number of halogens is 2. The van der Waals surface area contributed by atoms with Crippen LogP contribution in [0.15, 0.2) is 42.5 Å². The molecule has 0 unspecified atom stereocenters. The molecule has 5 rings (SSSR count). The number of aryl methyl sites for hydroxylation is 2. The molecule has 7 nitrogen and oxygen atoms in total. The van der Waals surface area contributed by atoms with Gasteiger partial charge in [-0.15, -0.1) is 23.2 Å². The van der Waals surface area contributed by atoms with Crippen LogP contribution in [0.1, 0.15) is 27.9 Å². The molecule has 35 heavy (non-hydrogen) atoms. The lowest BCUT2D eigenvalue weighted by Gasteiger charge is -2.28. The Morgan fingerprint density at radius 2 is 1.66 bits per heavy atom. The Hall–Kier alpha value is -2.90. The standard InChI is InChI=1S/C26H24Cl2N2O5/c1-12-6-7-13(2)18(8-12)29-19(31)11-35-26(34)14-4-3-5-15(9-14)30-24(32)20-16-10-17(21(20)25(30)33)23(28)22(16)27/h3-9,16-17,20-23H,10-11H2,1-2H3,(H,29,31)/t16-,17-,20-,21-,22-,23+/m1/s1. The Balaban J connectivity index is 1.27. The molecule has 3 aliphatic rings. The van der Waals surface area contributed by atoms with E-state index in [0.29, 0.717) is 17.8 Å². The molecule has 0 radical (unpaired) electrons. The second-order valence-electron chi connectivity index (χ2n) is 9.51. The van der Waals surface area contributed by atoms with Crippen LogP contribution in [-0.2, 0) is 19.1 Å². The summed E-state index contributed by atoms with van der Waals surface area (Å²) in [6.07, 6.45) is 0.680. The number of imide groups is 1. The maximum absolute atomic E-state index is 13.2. The summed E-state index contributed by atoms with van der Waals surface area (Å²) in [5.41, 5.74) is 2.96. The summed E-state index contributed by atoms with van der Waals surface area (Å²) in [7, 11) is 0. The number of nitrogens with one attached hydrogen (secondary N) is 1. The zero-order valence-electron chi connectivity index (χ0n) is 19.2. The van der Waals surface area contributed by atoms with Crippen LogP contribution >= 0.6 is 23.2 Å². The van der Waals surface area contributed by atoms with Crippen LogP contribution in [0.25, 0.3) is 0 Å². The zero-order chi connectivity index (χ0) is 25.0. The number of esters is 1. The largest absolute Gasteiger partial charge is 0.452 e. The number of hydrogen-bond acceptors (Lipinski definition) is 5. The summed E-state index contributed by atoms with van der Waals surface area (Å²) in [5.74, 6) is -3.02. The molecule has 0 spiro atoms. The van der Waals surface area contributed by atoms with E-state index < -0.39 is 30.3 Å². The third-order valence-electron chi connectivity index (χ3n) is 7.33. The summed E-state index contributed by atoms with van der Waals surface area (Å²) in [5, 5.41) is 2.06. The molecular formula is C26H24Cl2N2O5.